The van der Waals surface area contributed by atoms with Crippen molar-refractivity contribution in [2.75, 3.05) is 13.2 Å². The van der Waals surface area contributed by atoms with Crippen molar-refractivity contribution < 1.29 is 23.1 Å². The van der Waals surface area contributed by atoms with Gasteiger partial charge in [0.05, 0.1) is 5.56 Å². The van der Waals surface area contributed by atoms with Gasteiger partial charge in [-0.3, -0.25) is 9.78 Å². The summed E-state index contributed by atoms with van der Waals surface area (Å²) in [6.45, 7) is -1.61. The number of pyridine rings is 1. The molecular formula is C14H13F3N2O2. The van der Waals surface area contributed by atoms with Crippen LogP contribution in [-0.4, -0.2) is 46.3 Å². The highest BCUT2D eigenvalue weighted by Gasteiger charge is 2.40. The predicted octanol–water partition coefficient (Wildman–Crippen LogP) is 1.59. The quantitative estimate of drug-likeness (QED) is 0.862. The van der Waals surface area contributed by atoms with E-state index in [-0.39, 0.29) is 18.2 Å². The van der Waals surface area contributed by atoms with Crippen LogP contribution < -0.4 is 0 Å². The zero-order valence-electron chi connectivity index (χ0n) is 11.0. The van der Waals surface area contributed by atoms with Crippen molar-refractivity contribution in [2.45, 2.75) is 25.1 Å². The number of hydrogen-bond donors (Lipinski definition) is 1. The lowest BCUT2D eigenvalue weighted by atomic mass is 10.2. The molecule has 1 heterocycles. The second-order valence-electron chi connectivity index (χ2n) is 4.70. The summed E-state index contributed by atoms with van der Waals surface area (Å²) in [5.74, 6) is 4.26. The Bertz CT molecular complexity index is 586. The maximum absolute atomic E-state index is 12.6. The summed E-state index contributed by atoms with van der Waals surface area (Å²) in [5.41, 5.74) is 0.438. The highest BCUT2D eigenvalue weighted by Crippen LogP contribution is 2.31. The minimum Gasteiger partial charge on any atom is -0.384 e. The number of nitrogens with zero attached hydrogens (tertiary/aromatic N) is 2. The molecule has 2 rings (SSSR count). The third-order valence-electron chi connectivity index (χ3n) is 2.90. The minimum atomic E-state index is -4.43. The average molecular weight is 298 g/mol. The van der Waals surface area contributed by atoms with Gasteiger partial charge in [0, 0.05) is 24.0 Å². The standard InChI is InChI=1S/C14H13F3N2O2/c15-14(16,17)9-19(12-3-4-12)13(21)11-6-10(2-1-5-20)7-18-8-11/h6-8,12,20H,3-5,9H2. The van der Waals surface area contributed by atoms with Crippen LogP contribution in [0.5, 0.6) is 0 Å². The third-order valence-corrected chi connectivity index (χ3v) is 2.90. The highest BCUT2D eigenvalue weighted by molar-refractivity contribution is 5.94. The molecule has 0 saturated heterocycles. The molecule has 1 fully saturated rings. The molecule has 0 radical (unpaired) electrons. The van der Waals surface area contributed by atoms with E-state index in [0.717, 1.165) is 4.90 Å². The lowest BCUT2D eigenvalue weighted by molar-refractivity contribution is -0.141. The van der Waals surface area contributed by atoms with E-state index in [2.05, 4.69) is 16.8 Å². The van der Waals surface area contributed by atoms with Crippen molar-refractivity contribution >= 4 is 5.91 Å². The van der Waals surface area contributed by atoms with Crippen LogP contribution in [0.25, 0.3) is 0 Å². The second kappa shape index (κ2) is 6.14. The molecule has 112 valence electrons. The van der Waals surface area contributed by atoms with E-state index in [1.165, 1.54) is 18.5 Å². The molecule has 0 spiro atoms. The lowest BCUT2D eigenvalue weighted by Crippen LogP contribution is -2.40. The lowest BCUT2D eigenvalue weighted by Gasteiger charge is -2.23. The van der Waals surface area contributed by atoms with Crippen molar-refractivity contribution in [3.8, 4) is 11.8 Å². The first kappa shape index (κ1) is 15.3. The molecule has 0 aromatic carbocycles. The Morgan fingerprint density at radius 2 is 2.14 bits per heavy atom. The summed E-state index contributed by atoms with van der Waals surface area (Å²) in [5, 5.41) is 8.61. The average Bonchev–Trinajstić information content (AvgIpc) is 3.25. The molecule has 0 bridgehead atoms. The fourth-order valence-corrected chi connectivity index (χ4v) is 1.88. The molecule has 1 aliphatic carbocycles. The first-order valence-electron chi connectivity index (χ1n) is 6.33. The van der Waals surface area contributed by atoms with E-state index in [1.807, 2.05) is 0 Å². The van der Waals surface area contributed by atoms with Crippen LogP contribution in [0, 0.1) is 11.8 Å². The van der Waals surface area contributed by atoms with E-state index in [0.29, 0.717) is 18.4 Å². The van der Waals surface area contributed by atoms with Gasteiger partial charge >= 0.3 is 6.18 Å². The van der Waals surface area contributed by atoms with Gasteiger partial charge in [-0.25, -0.2) is 0 Å². The fourth-order valence-electron chi connectivity index (χ4n) is 1.88. The highest BCUT2D eigenvalue weighted by atomic mass is 19.4. The fraction of sp³-hybridized carbons (Fsp3) is 0.429. The Balaban J connectivity index is 2.20. The van der Waals surface area contributed by atoms with Crippen molar-refractivity contribution in [3.63, 3.8) is 0 Å². The topological polar surface area (TPSA) is 53.4 Å². The molecule has 1 saturated carbocycles. The Kier molecular flexibility index (Phi) is 4.48. The van der Waals surface area contributed by atoms with Gasteiger partial charge < -0.3 is 10.0 Å². The smallest absolute Gasteiger partial charge is 0.384 e. The largest absolute Gasteiger partial charge is 0.406 e. The first-order valence-corrected chi connectivity index (χ1v) is 6.33. The van der Waals surface area contributed by atoms with Crippen LogP contribution in [0.1, 0.15) is 28.8 Å². The molecule has 0 unspecified atom stereocenters. The molecule has 1 aromatic heterocycles. The third kappa shape index (κ3) is 4.46. The monoisotopic (exact) mass is 298 g/mol. The number of rotatable bonds is 3. The van der Waals surface area contributed by atoms with Gasteiger partial charge in [-0.1, -0.05) is 11.8 Å². The minimum absolute atomic E-state index is 0.0656. The number of halogens is 3. The van der Waals surface area contributed by atoms with E-state index >= 15 is 0 Å². The Morgan fingerprint density at radius 3 is 2.71 bits per heavy atom. The van der Waals surface area contributed by atoms with Gasteiger partial charge in [-0.2, -0.15) is 13.2 Å². The molecule has 1 amide bonds. The molecule has 1 aromatic rings. The molecule has 0 aliphatic heterocycles. The predicted molar refractivity (Wildman–Crippen MR) is 68.3 cm³/mol. The van der Waals surface area contributed by atoms with Crippen LogP contribution in [-0.2, 0) is 0 Å². The summed E-state index contributed by atoms with van der Waals surface area (Å²) in [7, 11) is 0. The molecule has 7 heteroatoms. The first-order chi connectivity index (χ1) is 9.90. The molecular weight excluding hydrogens is 285 g/mol. The normalized spacial score (nSPS) is 14.3. The van der Waals surface area contributed by atoms with Gasteiger partial charge in [0.25, 0.3) is 5.91 Å². The zero-order chi connectivity index (χ0) is 15.5. The van der Waals surface area contributed by atoms with Gasteiger partial charge in [0.2, 0.25) is 0 Å². The maximum atomic E-state index is 12.6. The van der Waals surface area contributed by atoms with Crippen molar-refractivity contribution in [1.82, 2.24) is 9.88 Å². The number of amides is 1. The summed E-state index contributed by atoms with van der Waals surface area (Å²) >= 11 is 0. The van der Waals surface area contributed by atoms with Gasteiger partial charge in [0.15, 0.2) is 0 Å². The number of aliphatic hydroxyl groups is 1. The number of carbonyl (C=O) groups is 1. The van der Waals surface area contributed by atoms with E-state index < -0.39 is 18.6 Å². The van der Waals surface area contributed by atoms with Gasteiger partial charge in [-0.05, 0) is 18.9 Å². The summed E-state index contributed by atoms with van der Waals surface area (Å²) in [6, 6.07) is 1.02. The van der Waals surface area contributed by atoms with Crippen molar-refractivity contribution in [3.05, 3.63) is 29.6 Å². The van der Waals surface area contributed by atoms with Crippen LogP contribution in [0.4, 0.5) is 13.2 Å². The maximum Gasteiger partial charge on any atom is 0.406 e. The molecule has 4 nitrogen and oxygen atoms in total. The number of aliphatic hydroxyl groups excluding tert-OH is 1. The van der Waals surface area contributed by atoms with Crippen molar-refractivity contribution in [2.24, 2.45) is 0 Å². The number of alkyl halides is 3. The van der Waals surface area contributed by atoms with Gasteiger partial charge in [0.1, 0.15) is 13.2 Å². The summed E-state index contributed by atoms with van der Waals surface area (Å²) < 4.78 is 37.7. The summed E-state index contributed by atoms with van der Waals surface area (Å²) in [6.07, 6.45) is -0.665. The van der Waals surface area contributed by atoms with Gasteiger partial charge in [-0.15, -0.1) is 0 Å². The SMILES string of the molecule is O=C(c1cncc(C#CCO)c1)N(CC(F)(F)F)C1CC1. The number of hydrogen-bond acceptors (Lipinski definition) is 3. The van der Waals surface area contributed by atoms with E-state index in [1.54, 1.807) is 0 Å². The summed E-state index contributed by atoms with van der Waals surface area (Å²) in [4.78, 5) is 16.9. The molecule has 0 atom stereocenters. The molecule has 21 heavy (non-hydrogen) atoms. The van der Waals surface area contributed by atoms with E-state index in [9.17, 15) is 18.0 Å². The van der Waals surface area contributed by atoms with E-state index in [4.69, 9.17) is 5.11 Å². The second-order valence-corrected chi connectivity index (χ2v) is 4.70. The zero-order valence-corrected chi connectivity index (χ0v) is 11.0. The van der Waals surface area contributed by atoms with Crippen molar-refractivity contribution in [1.29, 1.82) is 0 Å². The Hall–Kier alpha value is -2.07. The number of aromatic nitrogens is 1. The van der Waals surface area contributed by atoms with Crippen LogP contribution in [0.15, 0.2) is 18.5 Å². The van der Waals surface area contributed by atoms with Crippen LogP contribution in [0.2, 0.25) is 0 Å². The Morgan fingerprint density at radius 1 is 1.43 bits per heavy atom. The molecule has 1 aliphatic rings. The Labute approximate surface area is 119 Å². The van der Waals surface area contributed by atoms with Crippen LogP contribution in [0.3, 0.4) is 0 Å². The molecule has 1 N–H and O–H groups in total. The van der Waals surface area contributed by atoms with Crippen LogP contribution >= 0.6 is 0 Å². The number of carbonyl (C=O) groups excluding carboxylic acids is 1.